The SMILES string of the molecule is OC(CCCl)(C1=CCCCC1)c1ccccc1. The molecule has 0 heterocycles. The summed E-state index contributed by atoms with van der Waals surface area (Å²) < 4.78 is 0. The summed E-state index contributed by atoms with van der Waals surface area (Å²) in [7, 11) is 0. The smallest absolute Gasteiger partial charge is 0.112 e. The van der Waals surface area contributed by atoms with Gasteiger partial charge in [0.2, 0.25) is 0 Å². The van der Waals surface area contributed by atoms with E-state index >= 15 is 0 Å². The van der Waals surface area contributed by atoms with Crippen molar-refractivity contribution in [1.82, 2.24) is 0 Å². The first kappa shape index (κ1) is 12.7. The summed E-state index contributed by atoms with van der Waals surface area (Å²) in [6.07, 6.45) is 7.25. The Morgan fingerprint density at radius 3 is 2.53 bits per heavy atom. The van der Waals surface area contributed by atoms with Gasteiger partial charge >= 0.3 is 0 Å². The summed E-state index contributed by atoms with van der Waals surface area (Å²) in [5.74, 6) is 0.475. The molecule has 0 radical (unpaired) electrons. The minimum atomic E-state index is -0.858. The molecule has 0 spiro atoms. The van der Waals surface area contributed by atoms with E-state index in [1.807, 2.05) is 30.3 Å². The van der Waals surface area contributed by atoms with Gasteiger partial charge in [0.1, 0.15) is 5.60 Å². The van der Waals surface area contributed by atoms with Crippen molar-refractivity contribution in [3.8, 4) is 0 Å². The van der Waals surface area contributed by atoms with Gasteiger partial charge in [-0.3, -0.25) is 0 Å². The van der Waals surface area contributed by atoms with Crippen molar-refractivity contribution in [2.45, 2.75) is 37.7 Å². The quantitative estimate of drug-likeness (QED) is 0.633. The second-order valence-corrected chi connectivity index (χ2v) is 5.02. The van der Waals surface area contributed by atoms with Crippen LogP contribution in [-0.4, -0.2) is 11.0 Å². The average Bonchev–Trinajstić information content (AvgIpc) is 2.41. The number of benzene rings is 1. The molecule has 0 bridgehead atoms. The molecule has 17 heavy (non-hydrogen) atoms. The van der Waals surface area contributed by atoms with E-state index in [0.717, 1.165) is 24.0 Å². The van der Waals surface area contributed by atoms with Crippen LogP contribution in [0.25, 0.3) is 0 Å². The molecule has 0 saturated heterocycles. The molecule has 2 rings (SSSR count). The largest absolute Gasteiger partial charge is 0.381 e. The predicted molar refractivity (Wildman–Crippen MR) is 72.2 cm³/mol. The van der Waals surface area contributed by atoms with Gasteiger partial charge in [-0.25, -0.2) is 0 Å². The van der Waals surface area contributed by atoms with Gasteiger partial charge in [0.15, 0.2) is 0 Å². The maximum Gasteiger partial charge on any atom is 0.112 e. The van der Waals surface area contributed by atoms with E-state index in [4.69, 9.17) is 11.6 Å². The van der Waals surface area contributed by atoms with E-state index in [1.54, 1.807) is 0 Å². The second kappa shape index (κ2) is 5.70. The van der Waals surface area contributed by atoms with Gasteiger partial charge in [0, 0.05) is 5.88 Å². The Balaban J connectivity index is 2.35. The van der Waals surface area contributed by atoms with Crippen molar-refractivity contribution in [1.29, 1.82) is 0 Å². The van der Waals surface area contributed by atoms with Crippen LogP contribution in [0.5, 0.6) is 0 Å². The highest BCUT2D eigenvalue weighted by Gasteiger charge is 2.33. The highest BCUT2D eigenvalue weighted by atomic mass is 35.5. The molecule has 1 aliphatic rings. The highest BCUT2D eigenvalue weighted by molar-refractivity contribution is 6.17. The Hall–Kier alpha value is -0.790. The molecule has 1 N–H and O–H groups in total. The molecule has 1 aromatic carbocycles. The molecule has 0 fully saturated rings. The predicted octanol–water partition coefficient (Wildman–Crippen LogP) is 4.00. The Kier molecular flexibility index (Phi) is 4.25. The van der Waals surface area contributed by atoms with Crippen molar-refractivity contribution in [3.63, 3.8) is 0 Å². The zero-order valence-electron chi connectivity index (χ0n) is 10.0. The van der Waals surface area contributed by atoms with Crippen molar-refractivity contribution in [2.24, 2.45) is 0 Å². The fourth-order valence-electron chi connectivity index (χ4n) is 2.55. The van der Waals surface area contributed by atoms with Gasteiger partial charge < -0.3 is 5.11 Å². The number of alkyl halides is 1. The van der Waals surface area contributed by atoms with Crippen molar-refractivity contribution < 1.29 is 5.11 Å². The average molecular weight is 251 g/mol. The normalized spacial score (nSPS) is 19.5. The maximum atomic E-state index is 11.0. The standard InChI is InChI=1S/C15H19ClO/c16-12-11-15(17,13-7-3-1-4-8-13)14-9-5-2-6-10-14/h1,3-4,7-9,17H,2,5-6,10-12H2. The van der Waals surface area contributed by atoms with Crippen LogP contribution >= 0.6 is 11.6 Å². The van der Waals surface area contributed by atoms with Crippen LogP contribution < -0.4 is 0 Å². The number of hydrogen-bond acceptors (Lipinski definition) is 1. The lowest BCUT2D eigenvalue weighted by Gasteiger charge is -2.33. The monoisotopic (exact) mass is 250 g/mol. The summed E-state index contributed by atoms with van der Waals surface area (Å²) in [4.78, 5) is 0. The van der Waals surface area contributed by atoms with Gasteiger partial charge in [-0.15, -0.1) is 11.6 Å². The van der Waals surface area contributed by atoms with Crippen molar-refractivity contribution >= 4 is 11.6 Å². The van der Waals surface area contributed by atoms with E-state index in [0.29, 0.717) is 12.3 Å². The number of hydrogen-bond donors (Lipinski definition) is 1. The van der Waals surface area contributed by atoms with Crippen LogP contribution in [0.4, 0.5) is 0 Å². The molecular formula is C15H19ClO. The molecule has 1 aliphatic carbocycles. The van der Waals surface area contributed by atoms with Gasteiger partial charge in [-0.1, -0.05) is 36.4 Å². The van der Waals surface area contributed by atoms with E-state index < -0.39 is 5.60 Å². The summed E-state index contributed by atoms with van der Waals surface area (Å²) in [6, 6.07) is 9.89. The highest BCUT2D eigenvalue weighted by Crippen LogP contribution is 2.38. The lowest BCUT2D eigenvalue weighted by molar-refractivity contribution is 0.0673. The van der Waals surface area contributed by atoms with Crippen LogP contribution in [-0.2, 0) is 5.60 Å². The van der Waals surface area contributed by atoms with Crippen LogP contribution in [0.3, 0.4) is 0 Å². The summed E-state index contributed by atoms with van der Waals surface area (Å²) in [5.41, 5.74) is 1.26. The zero-order chi connectivity index (χ0) is 12.1. The zero-order valence-corrected chi connectivity index (χ0v) is 10.8. The molecule has 0 aliphatic heterocycles. The summed E-state index contributed by atoms with van der Waals surface area (Å²) in [6.45, 7) is 0. The molecule has 1 atom stereocenters. The number of aliphatic hydroxyl groups is 1. The van der Waals surface area contributed by atoms with Crippen LogP contribution in [0.15, 0.2) is 42.0 Å². The van der Waals surface area contributed by atoms with E-state index in [2.05, 4.69) is 6.08 Å². The van der Waals surface area contributed by atoms with E-state index in [1.165, 1.54) is 12.8 Å². The maximum absolute atomic E-state index is 11.0. The molecular weight excluding hydrogens is 232 g/mol. The molecule has 92 valence electrons. The number of allylic oxidation sites excluding steroid dienone is 1. The summed E-state index contributed by atoms with van der Waals surface area (Å²) >= 11 is 5.87. The van der Waals surface area contributed by atoms with Gasteiger partial charge in [0.05, 0.1) is 0 Å². The third-order valence-corrected chi connectivity index (χ3v) is 3.72. The molecule has 0 saturated carbocycles. The van der Waals surface area contributed by atoms with Gasteiger partial charge in [-0.2, -0.15) is 0 Å². The van der Waals surface area contributed by atoms with Crippen LogP contribution in [0.2, 0.25) is 0 Å². The Labute approximate surface area is 108 Å². The molecule has 1 nitrogen and oxygen atoms in total. The Morgan fingerprint density at radius 1 is 1.18 bits per heavy atom. The van der Waals surface area contributed by atoms with E-state index in [-0.39, 0.29) is 0 Å². The minimum absolute atomic E-state index is 0.475. The molecule has 0 amide bonds. The van der Waals surface area contributed by atoms with Crippen LogP contribution in [0.1, 0.15) is 37.7 Å². The second-order valence-electron chi connectivity index (χ2n) is 4.64. The third kappa shape index (κ3) is 2.72. The molecule has 2 heteroatoms. The Bertz CT molecular complexity index is 385. The molecule has 1 unspecified atom stereocenters. The third-order valence-electron chi connectivity index (χ3n) is 3.53. The molecule has 0 aromatic heterocycles. The lowest BCUT2D eigenvalue weighted by Crippen LogP contribution is -2.30. The van der Waals surface area contributed by atoms with Crippen molar-refractivity contribution in [2.75, 3.05) is 5.88 Å². The fraction of sp³-hybridized carbons (Fsp3) is 0.467. The van der Waals surface area contributed by atoms with Crippen LogP contribution in [0, 0.1) is 0 Å². The minimum Gasteiger partial charge on any atom is -0.381 e. The first-order valence-corrected chi connectivity index (χ1v) is 6.84. The Morgan fingerprint density at radius 2 is 1.94 bits per heavy atom. The van der Waals surface area contributed by atoms with Gasteiger partial charge in [-0.05, 0) is 43.2 Å². The molecule has 1 aromatic rings. The number of rotatable bonds is 4. The van der Waals surface area contributed by atoms with E-state index in [9.17, 15) is 5.11 Å². The lowest BCUT2D eigenvalue weighted by atomic mass is 9.79. The topological polar surface area (TPSA) is 20.2 Å². The first-order valence-electron chi connectivity index (χ1n) is 6.31. The first-order chi connectivity index (χ1) is 8.27. The number of halogens is 1. The van der Waals surface area contributed by atoms with Gasteiger partial charge in [0.25, 0.3) is 0 Å². The fourth-order valence-corrected chi connectivity index (χ4v) is 2.83. The summed E-state index contributed by atoms with van der Waals surface area (Å²) in [5, 5.41) is 11.0. The van der Waals surface area contributed by atoms with Crippen molar-refractivity contribution in [3.05, 3.63) is 47.5 Å².